The van der Waals surface area contributed by atoms with E-state index >= 15 is 0 Å². The summed E-state index contributed by atoms with van der Waals surface area (Å²) in [6, 6.07) is 5.82. The number of halogens is 2. The number of hydrogen-bond donors (Lipinski definition) is 2. The van der Waals surface area contributed by atoms with Crippen molar-refractivity contribution in [2.75, 3.05) is 17.8 Å². The van der Waals surface area contributed by atoms with Crippen molar-refractivity contribution in [2.45, 2.75) is 11.3 Å². The first-order valence-electron chi connectivity index (χ1n) is 8.77. The highest BCUT2D eigenvalue weighted by Gasteiger charge is 2.28. The lowest BCUT2D eigenvalue weighted by Gasteiger charge is -2.31. The molecule has 1 aromatic heterocycles. The maximum atomic E-state index is 14.3. The van der Waals surface area contributed by atoms with Crippen LogP contribution in [0.1, 0.15) is 16.8 Å². The van der Waals surface area contributed by atoms with Crippen molar-refractivity contribution in [2.24, 2.45) is 0 Å². The van der Waals surface area contributed by atoms with E-state index in [1.165, 1.54) is 40.3 Å². The Balaban J connectivity index is 1.71. The van der Waals surface area contributed by atoms with Gasteiger partial charge in [0.1, 0.15) is 10.7 Å². The van der Waals surface area contributed by atoms with Crippen LogP contribution in [0.3, 0.4) is 0 Å². The van der Waals surface area contributed by atoms with E-state index in [1.807, 2.05) is 0 Å². The van der Waals surface area contributed by atoms with Gasteiger partial charge in [0.15, 0.2) is 5.75 Å². The minimum absolute atomic E-state index is 0.00726. The number of nitrogens with zero attached hydrogens (tertiary/aromatic N) is 4. The van der Waals surface area contributed by atoms with E-state index in [1.54, 1.807) is 0 Å². The van der Waals surface area contributed by atoms with Crippen LogP contribution in [0.15, 0.2) is 47.6 Å². The van der Waals surface area contributed by atoms with Gasteiger partial charge in [-0.15, -0.1) is 0 Å². The normalized spacial score (nSPS) is 13.7. The van der Waals surface area contributed by atoms with Crippen LogP contribution in [0, 0.1) is 5.82 Å². The highest BCUT2D eigenvalue weighted by Crippen LogP contribution is 2.34. The number of phenolic OH excluding ortho intramolecular Hbond substituents is 1. The lowest BCUT2D eigenvalue weighted by Crippen LogP contribution is -2.42. The van der Waals surface area contributed by atoms with Gasteiger partial charge >= 0.3 is 0 Å². The quantitative estimate of drug-likeness (QED) is 0.615. The molecule has 0 spiro atoms. The molecule has 0 aliphatic carbocycles. The third-order valence-corrected chi connectivity index (χ3v) is 6.22. The second kappa shape index (κ2) is 7.58. The number of aromatic nitrogens is 3. The summed E-state index contributed by atoms with van der Waals surface area (Å²) in [4.78, 5) is 14.5. The first-order valence-corrected chi connectivity index (χ1v) is 10.6. The highest BCUT2D eigenvalue weighted by atomic mass is 35.5. The average molecular weight is 452 g/mol. The Morgan fingerprint density at radius 1 is 1.17 bits per heavy atom. The predicted octanol–water partition coefficient (Wildman–Crippen LogP) is 2.41. The predicted molar refractivity (Wildman–Crippen MR) is 106 cm³/mol. The first-order chi connectivity index (χ1) is 14.3. The van der Waals surface area contributed by atoms with Crippen LogP contribution in [-0.4, -0.2) is 52.4 Å². The third-order valence-electron chi connectivity index (χ3n) is 4.55. The molecule has 0 atom stereocenters. The molecule has 2 aromatic carbocycles. The van der Waals surface area contributed by atoms with Crippen molar-refractivity contribution < 1.29 is 22.7 Å². The number of rotatable bonds is 5. The molecule has 0 saturated carbocycles. The second-order valence-corrected chi connectivity index (χ2v) is 8.60. The van der Waals surface area contributed by atoms with Crippen LogP contribution in [0.25, 0.3) is 5.69 Å². The molecule has 1 fully saturated rings. The van der Waals surface area contributed by atoms with E-state index in [0.29, 0.717) is 18.8 Å². The van der Waals surface area contributed by atoms with Crippen LogP contribution < -0.4 is 4.72 Å². The summed E-state index contributed by atoms with van der Waals surface area (Å²) in [6.45, 7) is 1.11. The Bertz CT molecular complexity index is 1230. The van der Waals surface area contributed by atoms with Crippen molar-refractivity contribution in [1.82, 2.24) is 19.9 Å². The number of amides is 1. The Hall–Kier alpha value is -3.18. The minimum Gasteiger partial charge on any atom is -0.505 e. The van der Waals surface area contributed by atoms with Crippen molar-refractivity contribution in [3.63, 3.8) is 0 Å². The van der Waals surface area contributed by atoms with Crippen molar-refractivity contribution in [1.29, 1.82) is 0 Å². The summed E-state index contributed by atoms with van der Waals surface area (Å²) >= 11 is 5.96. The third kappa shape index (κ3) is 3.68. The molecule has 3 aromatic rings. The number of sulfonamides is 1. The van der Waals surface area contributed by atoms with Crippen LogP contribution in [0.2, 0.25) is 5.02 Å². The molecule has 0 unspecified atom stereocenters. The van der Waals surface area contributed by atoms with Crippen molar-refractivity contribution in [3.8, 4) is 11.4 Å². The fourth-order valence-corrected chi connectivity index (χ4v) is 4.35. The lowest BCUT2D eigenvalue weighted by molar-refractivity contribution is 0.0651. The van der Waals surface area contributed by atoms with Gasteiger partial charge in [-0.05, 0) is 36.8 Å². The molecular weight excluding hydrogens is 437 g/mol. The summed E-state index contributed by atoms with van der Waals surface area (Å²) < 4.78 is 42.1. The smallest absolute Gasteiger partial charge is 0.265 e. The molecule has 12 heteroatoms. The van der Waals surface area contributed by atoms with E-state index in [-0.39, 0.29) is 16.3 Å². The van der Waals surface area contributed by atoms with E-state index < -0.39 is 32.4 Å². The average Bonchev–Trinajstić information content (AvgIpc) is 3.18. The number of benzene rings is 2. The zero-order valence-electron chi connectivity index (χ0n) is 15.3. The number of aromatic hydroxyl groups is 1. The number of carbonyl (C=O) groups is 1. The topological polar surface area (TPSA) is 117 Å². The molecule has 1 aliphatic heterocycles. The Morgan fingerprint density at radius 3 is 2.50 bits per heavy atom. The summed E-state index contributed by atoms with van der Waals surface area (Å²) in [5.74, 6) is -2.00. The number of likely N-dealkylation sites (tertiary alicyclic amines) is 1. The van der Waals surface area contributed by atoms with E-state index in [4.69, 9.17) is 11.6 Å². The molecule has 2 heterocycles. The van der Waals surface area contributed by atoms with Crippen LogP contribution in [0.4, 0.5) is 10.1 Å². The largest absolute Gasteiger partial charge is 0.505 e. The van der Waals surface area contributed by atoms with Gasteiger partial charge in [-0.3, -0.25) is 9.52 Å². The van der Waals surface area contributed by atoms with Crippen LogP contribution in [-0.2, 0) is 10.0 Å². The van der Waals surface area contributed by atoms with Gasteiger partial charge in [0, 0.05) is 18.7 Å². The van der Waals surface area contributed by atoms with Gasteiger partial charge in [0.05, 0.1) is 28.8 Å². The number of anilines is 1. The van der Waals surface area contributed by atoms with E-state index in [0.717, 1.165) is 18.6 Å². The first kappa shape index (κ1) is 20.1. The number of carbonyl (C=O) groups excluding carboxylic acids is 1. The monoisotopic (exact) mass is 451 g/mol. The summed E-state index contributed by atoms with van der Waals surface area (Å²) in [5.41, 5.74) is -0.0734. The Morgan fingerprint density at radius 2 is 1.87 bits per heavy atom. The minimum atomic E-state index is -4.49. The molecule has 156 valence electrons. The van der Waals surface area contributed by atoms with Crippen LogP contribution in [0.5, 0.6) is 5.75 Å². The van der Waals surface area contributed by atoms with Gasteiger partial charge in [-0.1, -0.05) is 11.6 Å². The molecular formula is C18H15ClFN5O4S. The Kier molecular flexibility index (Phi) is 5.08. The second-order valence-electron chi connectivity index (χ2n) is 6.54. The van der Waals surface area contributed by atoms with Crippen molar-refractivity contribution >= 4 is 33.2 Å². The molecule has 30 heavy (non-hydrogen) atoms. The van der Waals surface area contributed by atoms with Crippen LogP contribution >= 0.6 is 11.6 Å². The zero-order chi connectivity index (χ0) is 21.5. The van der Waals surface area contributed by atoms with Gasteiger partial charge in [-0.2, -0.15) is 15.0 Å². The van der Waals surface area contributed by atoms with Gasteiger partial charge in [0.2, 0.25) is 0 Å². The molecule has 9 nitrogen and oxygen atoms in total. The standard InChI is InChI=1S/C18H15ClFN5O4S/c19-13-8-11(18(27)24-6-1-7-24)9-16(17(13)26)30(28,29)23-15-10-12(2-3-14(15)20)25-21-4-5-22-25/h2-5,8-10,23,26H,1,6-7H2. The van der Waals surface area contributed by atoms with Gasteiger partial charge < -0.3 is 10.0 Å². The molecule has 0 radical (unpaired) electrons. The fraction of sp³-hybridized carbons (Fsp3) is 0.167. The molecule has 2 N–H and O–H groups in total. The maximum Gasteiger partial charge on any atom is 0.265 e. The molecule has 4 rings (SSSR count). The van der Waals surface area contributed by atoms with E-state index in [9.17, 15) is 22.7 Å². The zero-order valence-corrected chi connectivity index (χ0v) is 16.9. The number of phenols is 1. The van der Waals surface area contributed by atoms with Gasteiger partial charge in [0.25, 0.3) is 15.9 Å². The molecule has 1 aliphatic rings. The molecule has 1 amide bonds. The maximum absolute atomic E-state index is 14.3. The highest BCUT2D eigenvalue weighted by molar-refractivity contribution is 7.92. The fourth-order valence-electron chi connectivity index (χ4n) is 2.87. The summed E-state index contributed by atoms with van der Waals surface area (Å²) in [5, 5.41) is 17.7. The number of nitrogens with one attached hydrogen (secondary N) is 1. The molecule has 0 bridgehead atoms. The lowest BCUT2D eigenvalue weighted by atomic mass is 10.1. The Labute approximate surface area is 175 Å². The summed E-state index contributed by atoms with van der Waals surface area (Å²) in [7, 11) is -4.49. The molecule has 1 saturated heterocycles. The summed E-state index contributed by atoms with van der Waals surface area (Å²) in [6.07, 6.45) is 3.67. The number of hydrogen-bond acceptors (Lipinski definition) is 6. The van der Waals surface area contributed by atoms with Gasteiger partial charge in [-0.25, -0.2) is 12.8 Å². The van der Waals surface area contributed by atoms with Crippen molar-refractivity contribution in [3.05, 3.63) is 59.1 Å². The SMILES string of the molecule is O=C(c1cc(Cl)c(O)c(S(=O)(=O)Nc2cc(-n3nccn3)ccc2F)c1)N1CCC1. The van der Waals surface area contributed by atoms with E-state index in [2.05, 4.69) is 14.9 Å².